The smallest absolute Gasteiger partial charge is 0.306 e. The van der Waals surface area contributed by atoms with Gasteiger partial charge in [0, 0.05) is 12.5 Å². The molecule has 0 aliphatic rings. The van der Waals surface area contributed by atoms with E-state index in [9.17, 15) is 13.6 Å². The summed E-state index contributed by atoms with van der Waals surface area (Å²) in [5, 5.41) is 5.57. The number of carbonyl (C=O) groups excluding carboxylic acids is 1. The van der Waals surface area contributed by atoms with Crippen molar-refractivity contribution in [1.29, 1.82) is 0 Å². The van der Waals surface area contributed by atoms with Crippen LogP contribution in [-0.2, 0) is 28.8 Å². The number of ether oxygens (including phenoxy) is 2. The highest BCUT2D eigenvalue weighted by Crippen LogP contribution is 2.32. The standard InChI is InChI=1S/C33H35F2NO3/c1-22(2)39-33(37)9-8-23-15-27(20-28(34)16-23)32-19-24(14-26-6-4-5-7-31(26)32)10-12-36-13-11-25-17-29(35)21-30(18-25)38-3/h4-7,14-22,36H,8-13H2,1-3H3. The van der Waals surface area contributed by atoms with Gasteiger partial charge in [0.25, 0.3) is 0 Å². The minimum absolute atomic E-state index is 0.172. The summed E-state index contributed by atoms with van der Waals surface area (Å²) in [6.45, 7) is 5.08. The van der Waals surface area contributed by atoms with Crippen molar-refractivity contribution in [2.24, 2.45) is 0 Å². The SMILES string of the molecule is COc1cc(F)cc(CCNCCc2cc(-c3cc(F)cc(CCC(=O)OC(C)C)c3)c3ccccc3c2)c1. The molecule has 4 nitrogen and oxygen atoms in total. The second-order valence-corrected chi connectivity index (χ2v) is 10.0. The third-order valence-electron chi connectivity index (χ3n) is 6.52. The number of benzene rings is 4. The van der Waals surface area contributed by atoms with E-state index >= 15 is 0 Å². The normalized spacial score (nSPS) is 11.2. The number of hydrogen-bond donors (Lipinski definition) is 1. The van der Waals surface area contributed by atoms with Gasteiger partial charge in [0.2, 0.25) is 0 Å². The van der Waals surface area contributed by atoms with Gasteiger partial charge in [-0.3, -0.25) is 4.79 Å². The summed E-state index contributed by atoms with van der Waals surface area (Å²) in [6, 6.07) is 22.1. The quantitative estimate of drug-likeness (QED) is 0.157. The molecule has 0 aliphatic heterocycles. The van der Waals surface area contributed by atoms with E-state index in [1.54, 1.807) is 6.07 Å². The second-order valence-electron chi connectivity index (χ2n) is 10.0. The predicted octanol–water partition coefficient (Wildman–Crippen LogP) is 7.05. The molecule has 4 aromatic carbocycles. The molecule has 0 heterocycles. The van der Waals surface area contributed by atoms with Crippen molar-refractivity contribution in [3.63, 3.8) is 0 Å². The summed E-state index contributed by atoms with van der Waals surface area (Å²) in [5.74, 6) is -0.397. The fourth-order valence-corrected chi connectivity index (χ4v) is 4.75. The Hall–Kier alpha value is -3.77. The topological polar surface area (TPSA) is 47.6 Å². The van der Waals surface area contributed by atoms with Gasteiger partial charge in [0.1, 0.15) is 17.4 Å². The lowest BCUT2D eigenvalue weighted by Crippen LogP contribution is -2.20. The zero-order chi connectivity index (χ0) is 27.8. The summed E-state index contributed by atoms with van der Waals surface area (Å²) in [5.41, 5.74) is 4.52. The molecule has 0 amide bonds. The van der Waals surface area contributed by atoms with Gasteiger partial charge in [0.05, 0.1) is 13.2 Å². The Labute approximate surface area is 229 Å². The van der Waals surface area contributed by atoms with Crippen LogP contribution in [0.5, 0.6) is 5.75 Å². The van der Waals surface area contributed by atoms with Gasteiger partial charge in [-0.1, -0.05) is 42.5 Å². The van der Waals surface area contributed by atoms with E-state index in [1.807, 2.05) is 44.2 Å². The van der Waals surface area contributed by atoms with Crippen molar-refractivity contribution in [2.75, 3.05) is 20.2 Å². The Balaban J connectivity index is 1.47. The number of hydrogen-bond acceptors (Lipinski definition) is 4. The first-order chi connectivity index (χ1) is 18.8. The van der Waals surface area contributed by atoms with Gasteiger partial charge in [0.15, 0.2) is 0 Å². The zero-order valence-electron chi connectivity index (χ0n) is 22.7. The van der Waals surface area contributed by atoms with E-state index in [0.29, 0.717) is 25.1 Å². The van der Waals surface area contributed by atoms with Crippen LogP contribution >= 0.6 is 0 Å². The van der Waals surface area contributed by atoms with Crippen molar-refractivity contribution in [3.05, 3.63) is 101 Å². The number of rotatable bonds is 12. The number of methoxy groups -OCH3 is 1. The molecule has 39 heavy (non-hydrogen) atoms. The van der Waals surface area contributed by atoms with E-state index in [4.69, 9.17) is 9.47 Å². The molecule has 0 unspecified atom stereocenters. The average Bonchev–Trinajstić information content (AvgIpc) is 2.90. The summed E-state index contributed by atoms with van der Waals surface area (Å²) < 4.78 is 38.8. The molecule has 6 heteroatoms. The Morgan fingerprint density at radius 2 is 1.49 bits per heavy atom. The van der Waals surface area contributed by atoms with Gasteiger partial charge in [-0.05, 0) is 109 Å². The molecule has 204 valence electrons. The number of aryl methyl sites for hydroxylation is 1. The molecule has 1 N–H and O–H groups in total. The molecule has 0 saturated carbocycles. The van der Waals surface area contributed by atoms with Crippen LogP contribution in [0.1, 0.15) is 37.0 Å². The highest BCUT2D eigenvalue weighted by molar-refractivity contribution is 5.97. The number of carbonyl (C=O) groups is 1. The second kappa shape index (κ2) is 13.3. The van der Waals surface area contributed by atoms with E-state index in [0.717, 1.165) is 51.6 Å². The van der Waals surface area contributed by atoms with Crippen molar-refractivity contribution in [1.82, 2.24) is 5.32 Å². The lowest BCUT2D eigenvalue weighted by Gasteiger charge is -2.13. The third kappa shape index (κ3) is 8.11. The molecule has 0 saturated heterocycles. The van der Waals surface area contributed by atoms with E-state index in [2.05, 4.69) is 23.5 Å². The Morgan fingerprint density at radius 3 is 2.21 bits per heavy atom. The van der Waals surface area contributed by atoms with Gasteiger partial charge >= 0.3 is 5.97 Å². The highest BCUT2D eigenvalue weighted by Gasteiger charge is 2.12. The molecule has 0 fully saturated rings. The molecule has 0 spiro atoms. The average molecular weight is 532 g/mol. The van der Waals surface area contributed by atoms with Crippen LogP contribution in [0.4, 0.5) is 8.78 Å². The van der Waals surface area contributed by atoms with Crippen LogP contribution in [0, 0.1) is 11.6 Å². The minimum atomic E-state index is -0.329. The monoisotopic (exact) mass is 531 g/mol. The zero-order valence-corrected chi connectivity index (χ0v) is 22.7. The molecule has 0 atom stereocenters. The van der Waals surface area contributed by atoms with E-state index < -0.39 is 0 Å². The first kappa shape index (κ1) is 28.2. The molecule has 0 aliphatic carbocycles. The summed E-state index contributed by atoms with van der Waals surface area (Å²) >= 11 is 0. The molecule has 4 aromatic rings. The van der Waals surface area contributed by atoms with E-state index in [-0.39, 0.29) is 30.1 Å². The van der Waals surface area contributed by atoms with Crippen molar-refractivity contribution in [3.8, 4) is 16.9 Å². The van der Waals surface area contributed by atoms with Gasteiger partial charge < -0.3 is 14.8 Å². The Kier molecular flexibility index (Phi) is 9.66. The molecule has 0 radical (unpaired) electrons. The fourth-order valence-electron chi connectivity index (χ4n) is 4.75. The first-order valence-electron chi connectivity index (χ1n) is 13.4. The van der Waals surface area contributed by atoms with Crippen LogP contribution < -0.4 is 10.1 Å². The predicted molar refractivity (Wildman–Crippen MR) is 152 cm³/mol. The summed E-state index contributed by atoms with van der Waals surface area (Å²) in [4.78, 5) is 12.0. The molecule has 0 aromatic heterocycles. The molecule has 0 bridgehead atoms. The summed E-state index contributed by atoms with van der Waals surface area (Å²) in [6.07, 6.45) is 1.92. The largest absolute Gasteiger partial charge is 0.497 e. The maximum Gasteiger partial charge on any atom is 0.306 e. The fraction of sp³-hybridized carbons (Fsp3) is 0.303. The van der Waals surface area contributed by atoms with Crippen molar-refractivity contribution >= 4 is 16.7 Å². The van der Waals surface area contributed by atoms with Crippen LogP contribution in [0.25, 0.3) is 21.9 Å². The lowest BCUT2D eigenvalue weighted by atomic mass is 9.93. The van der Waals surface area contributed by atoms with Crippen molar-refractivity contribution < 1.29 is 23.0 Å². The Morgan fingerprint density at radius 1 is 0.821 bits per heavy atom. The van der Waals surface area contributed by atoms with Gasteiger partial charge in [-0.2, -0.15) is 0 Å². The van der Waals surface area contributed by atoms with Crippen LogP contribution in [0.15, 0.2) is 72.8 Å². The van der Waals surface area contributed by atoms with Gasteiger partial charge in [-0.15, -0.1) is 0 Å². The maximum absolute atomic E-state index is 14.7. The highest BCUT2D eigenvalue weighted by atomic mass is 19.1. The molecule has 4 rings (SSSR count). The number of fused-ring (bicyclic) bond motifs is 1. The van der Waals surface area contributed by atoms with Crippen LogP contribution in [-0.4, -0.2) is 32.3 Å². The summed E-state index contributed by atoms with van der Waals surface area (Å²) in [7, 11) is 1.53. The Bertz CT molecular complexity index is 1430. The maximum atomic E-state index is 14.7. The third-order valence-corrected chi connectivity index (χ3v) is 6.52. The molecular weight excluding hydrogens is 496 g/mol. The number of nitrogens with one attached hydrogen (secondary N) is 1. The lowest BCUT2D eigenvalue weighted by molar-refractivity contribution is -0.147. The number of esters is 1. The van der Waals surface area contributed by atoms with Crippen molar-refractivity contribution in [2.45, 2.75) is 45.6 Å². The number of halogens is 2. The molecular formula is C33H35F2NO3. The van der Waals surface area contributed by atoms with Crippen LogP contribution in [0.3, 0.4) is 0 Å². The first-order valence-corrected chi connectivity index (χ1v) is 13.4. The minimum Gasteiger partial charge on any atom is -0.497 e. The van der Waals surface area contributed by atoms with Crippen LogP contribution in [0.2, 0.25) is 0 Å². The van der Waals surface area contributed by atoms with Gasteiger partial charge in [-0.25, -0.2) is 8.78 Å². The van der Waals surface area contributed by atoms with E-state index in [1.165, 1.54) is 25.3 Å².